The van der Waals surface area contributed by atoms with Crippen LogP contribution in [0.5, 0.6) is 0 Å². The van der Waals surface area contributed by atoms with Crippen molar-refractivity contribution in [3.8, 4) is 0 Å². The number of nitrogens with two attached hydrogens (primary N) is 1. The second kappa shape index (κ2) is 8.50. The monoisotopic (exact) mass is 298 g/mol. The number of hydrogen-bond acceptors (Lipinski definition) is 3. The Morgan fingerprint density at radius 3 is 2.24 bits per heavy atom. The van der Waals surface area contributed by atoms with Crippen molar-refractivity contribution >= 4 is 0 Å². The van der Waals surface area contributed by atoms with Crippen LogP contribution in [0, 0.1) is 11.8 Å². The molecule has 1 rings (SSSR count). The summed E-state index contributed by atoms with van der Waals surface area (Å²) in [4.78, 5) is 2.75. The standard InChI is InChI=1S/C18H38N2O/c1-7-16(8-2)20(12-14(3)4)18(13-19)9-10-21-17(11-18)15(5)6/h14-17H,7-13,19H2,1-6H3. The van der Waals surface area contributed by atoms with Gasteiger partial charge in [-0.15, -0.1) is 0 Å². The molecule has 0 saturated carbocycles. The molecular formula is C18H38N2O. The van der Waals surface area contributed by atoms with Crippen molar-refractivity contribution in [1.29, 1.82) is 0 Å². The molecule has 126 valence electrons. The van der Waals surface area contributed by atoms with Gasteiger partial charge in [-0.2, -0.15) is 0 Å². The molecule has 0 aliphatic carbocycles. The first-order valence-electron chi connectivity index (χ1n) is 8.98. The molecule has 1 fully saturated rings. The van der Waals surface area contributed by atoms with Crippen LogP contribution >= 0.6 is 0 Å². The molecule has 0 radical (unpaired) electrons. The fourth-order valence-electron chi connectivity index (χ4n) is 3.78. The van der Waals surface area contributed by atoms with E-state index in [4.69, 9.17) is 10.5 Å². The molecule has 0 aromatic rings. The van der Waals surface area contributed by atoms with E-state index < -0.39 is 0 Å². The Labute approximate surface area is 132 Å². The maximum atomic E-state index is 6.33. The summed E-state index contributed by atoms with van der Waals surface area (Å²) in [5, 5.41) is 0. The molecular weight excluding hydrogens is 260 g/mol. The summed E-state index contributed by atoms with van der Waals surface area (Å²) < 4.78 is 6.02. The molecule has 2 unspecified atom stereocenters. The van der Waals surface area contributed by atoms with E-state index in [-0.39, 0.29) is 5.54 Å². The van der Waals surface area contributed by atoms with Crippen LogP contribution in [-0.2, 0) is 4.74 Å². The van der Waals surface area contributed by atoms with Crippen molar-refractivity contribution in [2.24, 2.45) is 17.6 Å². The first kappa shape index (κ1) is 18.9. The number of ether oxygens (including phenoxy) is 1. The number of hydrogen-bond donors (Lipinski definition) is 1. The summed E-state index contributed by atoms with van der Waals surface area (Å²) >= 11 is 0. The molecule has 0 aromatic heterocycles. The Kier molecular flexibility index (Phi) is 7.66. The second-order valence-electron chi connectivity index (χ2n) is 7.55. The van der Waals surface area contributed by atoms with E-state index in [1.165, 1.54) is 12.8 Å². The SMILES string of the molecule is CCC(CC)N(CC(C)C)C1(CN)CCOC(C(C)C)C1. The van der Waals surface area contributed by atoms with Crippen molar-refractivity contribution < 1.29 is 4.74 Å². The lowest BCUT2D eigenvalue weighted by Gasteiger charge is -2.52. The molecule has 1 aliphatic rings. The Bertz CT molecular complexity index is 289. The third-order valence-corrected chi connectivity index (χ3v) is 5.16. The summed E-state index contributed by atoms with van der Waals surface area (Å²) in [5.74, 6) is 1.24. The van der Waals surface area contributed by atoms with Crippen molar-refractivity contribution in [2.75, 3.05) is 19.7 Å². The minimum Gasteiger partial charge on any atom is -0.378 e. The van der Waals surface area contributed by atoms with Gasteiger partial charge in [-0.25, -0.2) is 0 Å². The van der Waals surface area contributed by atoms with Gasteiger partial charge in [-0.1, -0.05) is 41.5 Å². The van der Waals surface area contributed by atoms with Crippen molar-refractivity contribution in [1.82, 2.24) is 4.90 Å². The number of nitrogens with zero attached hydrogens (tertiary/aromatic N) is 1. The zero-order chi connectivity index (χ0) is 16.0. The maximum absolute atomic E-state index is 6.33. The van der Waals surface area contributed by atoms with Crippen LogP contribution in [0.2, 0.25) is 0 Å². The van der Waals surface area contributed by atoms with Crippen molar-refractivity contribution in [3.63, 3.8) is 0 Å². The van der Waals surface area contributed by atoms with Gasteiger partial charge in [0, 0.05) is 31.3 Å². The molecule has 3 nitrogen and oxygen atoms in total. The fourth-order valence-corrected chi connectivity index (χ4v) is 3.78. The van der Waals surface area contributed by atoms with Crippen LogP contribution in [0.25, 0.3) is 0 Å². The predicted molar refractivity (Wildman–Crippen MR) is 91.5 cm³/mol. The first-order valence-corrected chi connectivity index (χ1v) is 8.98. The Balaban J connectivity index is 3.02. The van der Waals surface area contributed by atoms with Crippen LogP contribution < -0.4 is 5.73 Å². The largest absolute Gasteiger partial charge is 0.378 e. The third kappa shape index (κ3) is 4.67. The lowest BCUT2D eigenvalue weighted by Crippen LogP contribution is -2.62. The van der Waals surface area contributed by atoms with Gasteiger partial charge in [0.2, 0.25) is 0 Å². The molecule has 3 heteroatoms. The summed E-state index contributed by atoms with van der Waals surface area (Å²) in [6.45, 7) is 16.5. The van der Waals surface area contributed by atoms with E-state index in [9.17, 15) is 0 Å². The van der Waals surface area contributed by atoms with E-state index in [0.717, 1.165) is 32.5 Å². The Morgan fingerprint density at radius 1 is 1.19 bits per heavy atom. The van der Waals surface area contributed by atoms with Gasteiger partial charge in [0.25, 0.3) is 0 Å². The van der Waals surface area contributed by atoms with E-state index in [1.807, 2.05) is 0 Å². The summed E-state index contributed by atoms with van der Waals surface area (Å²) in [6, 6.07) is 0.641. The molecule has 0 aromatic carbocycles. The first-order chi connectivity index (χ1) is 9.90. The summed E-state index contributed by atoms with van der Waals surface area (Å²) in [5.41, 5.74) is 6.46. The Hall–Kier alpha value is -0.120. The van der Waals surface area contributed by atoms with Gasteiger partial charge in [-0.3, -0.25) is 4.90 Å². The summed E-state index contributed by atoms with van der Waals surface area (Å²) in [6.07, 6.45) is 4.93. The molecule has 2 N–H and O–H groups in total. The maximum Gasteiger partial charge on any atom is 0.0616 e. The molecule has 1 saturated heterocycles. The van der Waals surface area contributed by atoms with E-state index in [1.54, 1.807) is 0 Å². The van der Waals surface area contributed by atoms with Crippen LogP contribution in [0.1, 0.15) is 67.2 Å². The van der Waals surface area contributed by atoms with Gasteiger partial charge in [0.1, 0.15) is 0 Å². The fraction of sp³-hybridized carbons (Fsp3) is 1.00. The lowest BCUT2D eigenvalue weighted by atomic mass is 9.80. The smallest absolute Gasteiger partial charge is 0.0616 e. The second-order valence-corrected chi connectivity index (χ2v) is 7.55. The molecule has 0 amide bonds. The van der Waals surface area contributed by atoms with E-state index in [0.29, 0.717) is 24.0 Å². The van der Waals surface area contributed by atoms with Crippen LogP contribution in [-0.4, -0.2) is 42.3 Å². The summed E-state index contributed by atoms with van der Waals surface area (Å²) in [7, 11) is 0. The Morgan fingerprint density at radius 2 is 1.81 bits per heavy atom. The highest BCUT2D eigenvalue weighted by Gasteiger charge is 2.43. The molecule has 1 aliphatic heterocycles. The molecule has 1 heterocycles. The van der Waals surface area contributed by atoms with E-state index >= 15 is 0 Å². The quantitative estimate of drug-likeness (QED) is 0.743. The highest BCUT2D eigenvalue weighted by atomic mass is 16.5. The normalized spacial score (nSPS) is 27.3. The highest BCUT2D eigenvalue weighted by Crippen LogP contribution is 2.36. The lowest BCUT2D eigenvalue weighted by molar-refractivity contribution is -0.102. The van der Waals surface area contributed by atoms with Gasteiger partial charge < -0.3 is 10.5 Å². The van der Waals surface area contributed by atoms with Crippen molar-refractivity contribution in [2.45, 2.75) is 84.9 Å². The van der Waals surface area contributed by atoms with Gasteiger partial charge in [-0.05, 0) is 37.5 Å². The average Bonchev–Trinajstić information content (AvgIpc) is 2.47. The molecule has 21 heavy (non-hydrogen) atoms. The highest BCUT2D eigenvalue weighted by molar-refractivity contribution is 4.99. The zero-order valence-corrected chi connectivity index (χ0v) is 15.2. The van der Waals surface area contributed by atoms with Crippen LogP contribution in [0.15, 0.2) is 0 Å². The third-order valence-electron chi connectivity index (χ3n) is 5.16. The van der Waals surface area contributed by atoms with Crippen LogP contribution in [0.4, 0.5) is 0 Å². The average molecular weight is 299 g/mol. The van der Waals surface area contributed by atoms with Gasteiger partial charge >= 0.3 is 0 Å². The zero-order valence-electron chi connectivity index (χ0n) is 15.2. The molecule has 0 spiro atoms. The minimum atomic E-state index is 0.133. The molecule has 0 bridgehead atoms. The van der Waals surface area contributed by atoms with Gasteiger partial charge in [0.15, 0.2) is 0 Å². The van der Waals surface area contributed by atoms with E-state index in [2.05, 4.69) is 46.4 Å². The topological polar surface area (TPSA) is 38.5 Å². The predicted octanol–water partition coefficient (Wildman–Crippen LogP) is 3.67. The minimum absolute atomic E-state index is 0.133. The number of rotatable bonds is 8. The van der Waals surface area contributed by atoms with Gasteiger partial charge in [0.05, 0.1) is 6.10 Å². The van der Waals surface area contributed by atoms with Crippen LogP contribution in [0.3, 0.4) is 0 Å². The van der Waals surface area contributed by atoms with Crippen molar-refractivity contribution in [3.05, 3.63) is 0 Å². The molecule has 2 atom stereocenters.